The quantitative estimate of drug-likeness (QED) is 0.416. The van der Waals surface area contributed by atoms with Crippen LogP contribution in [0.5, 0.6) is 0 Å². The van der Waals surface area contributed by atoms with Crippen LogP contribution in [-0.4, -0.2) is 79.5 Å². The fraction of sp³-hybridized carbons (Fsp3) is 0.348. The highest BCUT2D eigenvalue weighted by Gasteiger charge is 2.18. The van der Waals surface area contributed by atoms with E-state index in [2.05, 4.69) is 66.8 Å². The molecule has 30 heavy (non-hydrogen) atoms. The van der Waals surface area contributed by atoms with E-state index in [0.29, 0.717) is 18.7 Å². The Hall–Kier alpha value is -3.19. The Labute approximate surface area is 178 Å². The van der Waals surface area contributed by atoms with Crippen LogP contribution in [0.1, 0.15) is 15.9 Å². The second kappa shape index (κ2) is 11.7. The Morgan fingerprint density at radius 3 is 2.53 bits per heavy atom. The molecule has 0 saturated carbocycles. The number of guanidine groups is 1. The third-order valence-corrected chi connectivity index (χ3v) is 4.97. The summed E-state index contributed by atoms with van der Waals surface area (Å²) in [5, 5.41) is 6.23. The molecule has 0 unspecified atom stereocenters. The van der Waals surface area contributed by atoms with Gasteiger partial charge >= 0.3 is 0 Å². The molecule has 3 rings (SSSR count). The van der Waals surface area contributed by atoms with E-state index < -0.39 is 0 Å². The van der Waals surface area contributed by atoms with Crippen molar-refractivity contribution in [3.63, 3.8) is 0 Å². The largest absolute Gasteiger partial charge is 0.354 e. The lowest BCUT2D eigenvalue weighted by atomic mass is 10.2. The molecule has 1 aromatic heterocycles. The monoisotopic (exact) mass is 406 g/mol. The first-order valence-electron chi connectivity index (χ1n) is 10.3. The van der Waals surface area contributed by atoms with E-state index in [1.807, 2.05) is 6.07 Å². The average molecular weight is 407 g/mol. The maximum atomic E-state index is 12.0. The van der Waals surface area contributed by atoms with Crippen molar-refractivity contribution in [2.24, 2.45) is 4.99 Å². The Balaban J connectivity index is 1.34. The van der Waals surface area contributed by atoms with Gasteiger partial charge in [0.25, 0.3) is 5.91 Å². The van der Waals surface area contributed by atoms with E-state index in [0.717, 1.165) is 38.7 Å². The molecule has 1 saturated heterocycles. The molecule has 7 nitrogen and oxygen atoms in total. The van der Waals surface area contributed by atoms with Gasteiger partial charge in [-0.1, -0.05) is 42.5 Å². The molecule has 1 aliphatic rings. The van der Waals surface area contributed by atoms with Crippen LogP contribution in [0.15, 0.2) is 65.9 Å². The molecule has 2 N–H and O–H groups in total. The zero-order chi connectivity index (χ0) is 21.0. The summed E-state index contributed by atoms with van der Waals surface area (Å²) < 4.78 is 0. The smallest absolute Gasteiger partial charge is 0.252 e. The van der Waals surface area contributed by atoms with E-state index in [1.165, 1.54) is 5.56 Å². The van der Waals surface area contributed by atoms with Gasteiger partial charge in [0, 0.05) is 65.3 Å². The Morgan fingerprint density at radius 2 is 1.83 bits per heavy atom. The molecular formula is C23H30N6O. The fourth-order valence-electron chi connectivity index (χ4n) is 3.33. The van der Waals surface area contributed by atoms with Crippen LogP contribution in [0.4, 0.5) is 0 Å². The van der Waals surface area contributed by atoms with E-state index in [4.69, 9.17) is 0 Å². The van der Waals surface area contributed by atoms with E-state index >= 15 is 0 Å². The van der Waals surface area contributed by atoms with Gasteiger partial charge in [-0.15, -0.1) is 0 Å². The number of pyridine rings is 1. The number of piperazine rings is 1. The first-order valence-corrected chi connectivity index (χ1v) is 10.3. The molecule has 7 heteroatoms. The van der Waals surface area contributed by atoms with Gasteiger partial charge in [0.15, 0.2) is 5.96 Å². The van der Waals surface area contributed by atoms with Crippen LogP contribution in [0.3, 0.4) is 0 Å². The Bertz CT molecular complexity index is 829. The van der Waals surface area contributed by atoms with Crippen molar-refractivity contribution in [1.29, 1.82) is 0 Å². The summed E-state index contributed by atoms with van der Waals surface area (Å²) in [6, 6.07) is 13.9. The zero-order valence-corrected chi connectivity index (χ0v) is 17.5. The molecule has 0 atom stereocenters. The number of carbonyl (C=O) groups excluding carboxylic acids is 1. The summed E-state index contributed by atoms with van der Waals surface area (Å²) in [7, 11) is 1.80. The summed E-state index contributed by atoms with van der Waals surface area (Å²) in [6.07, 6.45) is 7.62. The Kier molecular flexibility index (Phi) is 8.41. The number of nitrogens with zero attached hydrogens (tertiary/aromatic N) is 4. The minimum absolute atomic E-state index is 0.114. The number of carbonyl (C=O) groups is 1. The van der Waals surface area contributed by atoms with Crippen LogP contribution >= 0.6 is 0 Å². The first kappa shape index (κ1) is 21.5. The molecule has 1 amide bonds. The van der Waals surface area contributed by atoms with Gasteiger partial charge in [-0.3, -0.25) is 19.7 Å². The van der Waals surface area contributed by atoms with Gasteiger partial charge in [-0.05, 0) is 17.7 Å². The predicted molar refractivity (Wildman–Crippen MR) is 121 cm³/mol. The summed E-state index contributed by atoms with van der Waals surface area (Å²) in [4.78, 5) is 25.1. The summed E-state index contributed by atoms with van der Waals surface area (Å²) >= 11 is 0. The number of rotatable bonds is 7. The lowest BCUT2D eigenvalue weighted by Crippen LogP contribution is -2.53. The number of aromatic nitrogens is 1. The van der Waals surface area contributed by atoms with Gasteiger partial charge < -0.3 is 15.5 Å². The zero-order valence-electron chi connectivity index (χ0n) is 17.5. The number of benzene rings is 1. The van der Waals surface area contributed by atoms with E-state index in [1.54, 1.807) is 31.6 Å². The maximum Gasteiger partial charge on any atom is 0.252 e. The van der Waals surface area contributed by atoms with Crippen LogP contribution in [0.25, 0.3) is 6.08 Å². The normalized spacial score (nSPS) is 15.4. The summed E-state index contributed by atoms with van der Waals surface area (Å²) in [6.45, 7) is 5.96. The van der Waals surface area contributed by atoms with Gasteiger partial charge in [0.2, 0.25) is 0 Å². The van der Waals surface area contributed by atoms with Gasteiger partial charge in [-0.2, -0.15) is 0 Å². The molecule has 2 aromatic rings. The van der Waals surface area contributed by atoms with Gasteiger partial charge in [0.1, 0.15) is 0 Å². The predicted octanol–water partition coefficient (Wildman–Crippen LogP) is 1.72. The number of nitrogens with one attached hydrogen (secondary N) is 2. The second-order valence-electron chi connectivity index (χ2n) is 7.07. The van der Waals surface area contributed by atoms with Crippen LogP contribution in [0, 0.1) is 0 Å². The van der Waals surface area contributed by atoms with Gasteiger partial charge in [0.05, 0.1) is 5.56 Å². The molecule has 1 aliphatic heterocycles. The van der Waals surface area contributed by atoms with Crippen molar-refractivity contribution in [2.75, 3.05) is 52.9 Å². The van der Waals surface area contributed by atoms with Crippen molar-refractivity contribution >= 4 is 17.9 Å². The van der Waals surface area contributed by atoms with Crippen molar-refractivity contribution < 1.29 is 4.79 Å². The van der Waals surface area contributed by atoms with E-state index in [9.17, 15) is 4.79 Å². The molecule has 2 heterocycles. The molecular weight excluding hydrogens is 376 g/mol. The molecule has 0 aliphatic carbocycles. The Morgan fingerprint density at radius 1 is 1.07 bits per heavy atom. The highest BCUT2D eigenvalue weighted by molar-refractivity contribution is 5.93. The van der Waals surface area contributed by atoms with Crippen molar-refractivity contribution in [3.05, 3.63) is 72.1 Å². The average Bonchev–Trinajstić information content (AvgIpc) is 2.81. The second-order valence-corrected chi connectivity index (χ2v) is 7.07. The molecule has 0 bridgehead atoms. The standard InChI is InChI=1S/C23H30N6O/c1-24-23(27-13-12-26-22(30)21-10-5-11-25-19-21)29-17-15-28(16-18-29)14-6-9-20-7-3-2-4-8-20/h2-11,19H,12-18H2,1H3,(H,24,27)(H,26,30)/b9-6+. The third-order valence-electron chi connectivity index (χ3n) is 4.97. The number of aliphatic imine (C=N–C) groups is 1. The number of hydrogen-bond donors (Lipinski definition) is 2. The number of hydrogen-bond acceptors (Lipinski definition) is 4. The maximum absolute atomic E-state index is 12.0. The minimum atomic E-state index is -0.114. The SMILES string of the molecule is CN=C(NCCNC(=O)c1cccnc1)N1CCN(C/C=C/c2ccccc2)CC1. The van der Waals surface area contributed by atoms with Crippen molar-refractivity contribution in [2.45, 2.75) is 0 Å². The molecule has 1 fully saturated rings. The van der Waals surface area contributed by atoms with Gasteiger partial charge in [-0.25, -0.2) is 0 Å². The highest BCUT2D eigenvalue weighted by Crippen LogP contribution is 2.05. The topological polar surface area (TPSA) is 72.9 Å². The van der Waals surface area contributed by atoms with Crippen molar-refractivity contribution in [1.82, 2.24) is 25.4 Å². The first-order chi connectivity index (χ1) is 14.8. The molecule has 0 radical (unpaired) electrons. The highest BCUT2D eigenvalue weighted by atomic mass is 16.1. The third kappa shape index (κ3) is 6.70. The lowest BCUT2D eigenvalue weighted by Gasteiger charge is -2.36. The van der Waals surface area contributed by atoms with E-state index in [-0.39, 0.29) is 5.91 Å². The van der Waals surface area contributed by atoms with Crippen LogP contribution in [-0.2, 0) is 0 Å². The molecule has 0 spiro atoms. The number of amides is 1. The minimum Gasteiger partial charge on any atom is -0.354 e. The van der Waals surface area contributed by atoms with Crippen molar-refractivity contribution in [3.8, 4) is 0 Å². The van der Waals surface area contributed by atoms with Crippen LogP contribution in [0.2, 0.25) is 0 Å². The molecule has 1 aromatic carbocycles. The summed E-state index contributed by atoms with van der Waals surface area (Å²) in [5.74, 6) is 0.766. The fourth-order valence-corrected chi connectivity index (χ4v) is 3.33. The lowest BCUT2D eigenvalue weighted by molar-refractivity contribution is 0.0954. The molecule has 158 valence electrons. The van der Waals surface area contributed by atoms with Crippen LogP contribution < -0.4 is 10.6 Å². The summed E-state index contributed by atoms with van der Waals surface area (Å²) in [5.41, 5.74) is 1.80.